The summed E-state index contributed by atoms with van der Waals surface area (Å²) >= 11 is 0. The normalized spacial score (nSPS) is 11.3. The second-order valence-electron chi connectivity index (χ2n) is 5.59. The van der Waals surface area contributed by atoms with E-state index in [1.54, 1.807) is 24.3 Å². The molecular formula is C19H15F3N2O3. The minimum absolute atomic E-state index is 0.260. The average Bonchev–Trinajstić information content (AvgIpc) is 3.13. The first-order valence-electron chi connectivity index (χ1n) is 7.84. The second-order valence-corrected chi connectivity index (χ2v) is 5.59. The number of alkyl halides is 3. The Morgan fingerprint density at radius 3 is 2.15 bits per heavy atom. The highest BCUT2D eigenvalue weighted by Gasteiger charge is 2.35. The maximum Gasteiger partial charge on any atom is 0.435 e. The third kappa shape index (κ3) is 3.79. The van der Waals surface area contributed by atoms with Crippen LogP contribution in [-0.2, 0) is 10.9 Å². The summed E-state index contributed by atoms with van der Waals surface area (Å²) in [4.78, 5) is 11.5. The van der Waals surface area contributed by atoms with Crippen LogP contribution >= 0.6 is 0 Å². The molecule has 1 heterocycles. The number of hydrogen-bond donors (Lipinski definition) is 0. The molecule has 0 amide bonds. The van der Waals surface area contributed by atoms with Crippen molar-refractivity contribution in [3.05, 3.63) is 65.9 Å². The van der Waals surface area contributed by atoms with E-state index >= 15 is 0 Å². The number of rotatable bonds is 4. The van der Waals surface area contributed by atoms with Gasteiger partial charge in [0, 0.05) is 5.56 Å². The van der Waals surface area contributed by atoms with Gasteiger partial charge >= 0.3 is 12.1 Å². The first kappa shape index (κ1) is 18.5. The highest BCUT2D eigenvalue weighted by Crippen LogP contribution is 2.33. The molecule has 8 heteroatoms. The van der Waals surface area contributed by atoms with E-state index in [2.05, 4.69) is 9.84 Å². The smallest absolute Gasteiger partial charge is 0.435 e. The van der Waals surface area contributed by atoms with Gasteiger partial charge < -0.3 is 9.47 Å². The van der Waals surface area contributed by atoms with Gasteiger partial charge in [0.25, 0.3) is 0 Å². The Kier molecular flexibility index (Phi) is 4.89. The fourth-order valence-corrected chi connectivity index (χ4v) is 2.54. The Hall–Kier alpha value is -3.29. The molecule has 0 aliphatic carbocycles. The van der Waals surface area contributed by atoms with Gasteiger partial charge in [-0.15, -0.1) is 0 Å². The Morgan fingerprint density at radius 2 is 1.63 bits per heavy atom. The number of ether oxygens (including phenoxy) is 2. The number of aromatic nitrogens is 2. The lowest BCUT2D eigenvalue weighted by Gasteiger charge is -2.09. The zero-order chi connectivity index (χ0) is 19.6. The van der Waals surface area contributed by atoms with Crippen LogP contribution in [0.25, 0.3) is 16.9 Å². The summed E-state index contributed by atoms with van der Waals surface area (Å²) in [5.41, 5.74) is 0.455. The summed E-state index contributed by atoms with van der Waals surface area (Å²) in [6.07, 6.45) is -4.58. The second kappa shape index (κ2) is 7.14. The van der Waals surface area contributed by atoms with Gasteiger partial charge in [-0.1, -0.05) is 0 Å². The zero-order valence-electron chi connectivity index (χ0n) is 14.4. The van der Waals surface area contributed by atoms with E-state index in [1.165, 1.54) is 43.2 Å². The van der Waals surface area contributed by atoms with Gasteiger partial charge in [0.15, 0.2) is 5.69 Å². The van der Waals surface area contributed by atoms with Crippen LogP contribution in [0.2, 0.25) is 0 Å². The molecule has 0 radical (unpaired) electrons. The van der Waals surface area contributed by atoms with Crippen molar-refractivity contribution < 1.29 is 27.4 Å². The summed E-state index contributed by atoms with van der Waals surface area (Å²) < 4.78 is 50.5. The van der Waals surface area contributed by atoms with Crippen molar-refractivity contribution in [3.63, 3.8) is 0 Å². The Morgan fingerprint density at radius 1 is 1.00 bits per heavy atom. The van der Waals surface area contributed by atoms with Crippen LogP contribution in [0, 0.1) is 0 Å². The molecule has 27 heavy (non-hydrogen) atoms. The summed E-state index contributed by atoms with van der Waals surface area (Å²) in [5.74, 6) is 0.0525. The lowest BCUT2D eigenvalue weighted by Crippen LogP contribution is -2.07. The van der Waals surface area contributed by atoms with E-state index in [4.69, 9.17) is 4.74 Å². The van der Waals surface area contributed by atoms with Crippen LogP contribution in [-0.4, -0.2) is 30.0 Å². The first-order valence-corrected chi connectivity index (χ1v) is 7.84. The first-order chi connectivity index (χ1) is 12.8. The van der Waals surface area contributed by atoms with Crippen LogP contribution in [0.1, 0.15) is 16.1 Å². The van der Waals surface area contributed by atoms with Crippen LogP contribution in [0.3, 0.4) is 0 Å². The quantitative estimate of drug-likeness (QED) is 0.636. The molecule has 0 aliphatic rings. The molecule has 0 bridgehead atoms. The Labute approximate surface area is 152 Å². The Balaban J connectivity index is 2.10. The summed E-state index contributed by atoms with van der Waals surface area (Å²) in [6.45, 7) is 0. The number of carbonyl (C=O) groups is 1. The van der Waals surface area contributed by atoms with Crippen LogP contribution in [0.15, 0.2) is 54.6 Å². The summed E-state index contributed by atoms with van der Waals surface area (Å²) in [5, 5.41) is 3.71. The highest BCUT2D eigenvalue weighted by atomic mass is 19.4. The van der Waals surface area contributed by atoms with Gasteiger partial charge in [0.1, 0.15) is 5.75 Å². The summed E-state index contributed by atoms with van der Waals surface area (Å²) in [7, 11) is 2.75. The number of methoxy groups -OCH3 is 2. The minimum atomic E-state index is -4.58. The van der Waals surface area contributed by atoms with E-state index in [0.29, 0.717) is 17.0 Å². The van der Waals surface area contributed by atoms with Gasteiger partial charge in [0.05, 0.1) is 31.2 Å². The average molecular weight is 375 g/mol. The molecule has 0 fully saturated rings. The van der Waals surface area contributed by atoms with Gasteiger partial charge in [-0.05, 0) is 54.6 Å². The molecular weight excluding hydrogens is 360 g/mol. The predicted molar refractivity (Wildman–Crippen MR) is 91.9 cm³/mol. The molecule has 5 nitrogen and oxygen atoms in total. The standard InChI is InChI=1S/C19H15F3N2O3/c1-26-15-9-5-12(6-10-15)16-11-17(19(20,21)22)23-24(16)14-7-3-13(4-8-14)18(25)27-2/h3-11H,1-2H3/i2-1. The topological polar surface area (TPSA) is 53.4 Å². The van der Waals surface area contributed by atoms with Crippen molar-refractivity contribution >= 4 is 5.97 Å². The van der Waals surface area contributed by atoms with Crippen molar-refractivity contribution in [2.75, 3.05) is 14.2 Å². The van der Waals surface area contributed by atoms with Crippen molar-refractivity contribution in [2.45, 2.75) is 6.18 Å². The number of carbonyl (C=O) groups excluding carboxylic acids is 1. The molecule has 0 spiro atoms. The molecule has 3 aromatic rings. The molecule has 0 unspecified atom stereocenters. The van der Waals surface area contributed by atoms with Crippen molar-refractivity contribution in [3.8, 4) is 22.7 Å². The van der Waals surface area contributed by atoms with Crippen molar-refractivity contribution in [1.82, 2.24) is 9.78 Å². The lowest BCUT2D eigenvalue weighted by atomic mass is 10.1. The molecule has 0 saturated heterocycles. The van der Waals surface area contributed by atoms with Crippen LogP contribution in [0.5, 0.6) is 5.75 Å². The molecule has 3 rings (SSSR count). The molecule has 0 atom stereocenters. The van der Waals surface area contributed by atoms with Gasteiger partial charge in [-0.2, -0.15) is 18.3 Å². The molecule has 0 saturated carbocycles. The van der Waals surface area contributed by atoms with Crippen LogP contribution in [0.4, 0.5) is 13.2 Å². The van der Waals surface area contributed by atoms with E-state index in [-0.39, 0.29) is 11.3 Å². The van der Waals surface area contributed by atoms with E-state index < -0.39 is 17.8 Å². The van der Waals surface area contributed by atoms with Crippen molar-refractivity contribution in [1.29, 1.82) is 0 Å². The molecule has 2 aromatic carbocycles. The van der Waals surface area contributed by atoms with Gasteiger partial charge in [0.2, 0.25) is 0 Å². The largest absolute Gasteiger partial charge is 0.497 e. The van der Waals surface area contributed by atoms with Gasteiger partial charge in [-0.3, -0.25) is 0 Å². The Bertz CT molecular complexity index is 946. The highest BCUT2D eigenvalue weighted by molar-refractivity contribution is 5.89. The fraction of sp³-hybridized carbons (Fsp3) is 0.158. The number of hydrogen-bond acceptors (Lipinski definition) is 4. The van der Waals surface area contributed by atoms with Crippen molar-refractivity contribution in [2.24, 2.45) is 0 Å². The van der Waals surface area contributed by atoms with E-state index in [1.807, 2.05) is 0 Å². The zero-order valence-corrected chi connectivity index (χ0v) is 14.4. The summed E-state index contributed by atoms with van der Waals surface area (Å²) in [6, 6.07) is 13.5. The molecule has 1 aromatic heterocycles. The molecule has 0 N–H and O–H groups in total. The van der Waals surface area contributed by atoms with E-state index in [0.717, 1.165) is 6.07 Å². The molecule has 140 valence electrons. The minimum Gasteiger partial charge on any atom is -0.497 e. The third-order valence-corrected chi connectivity index (χ3v) is 3.92. The number of halogens is 3. The number of nitrogens with zero attached hydrogens (tertiary/aromatic N) is 2. The van der Waals surface area contributed by atoms with Crippen LogP contribution < -0.4 is 4.74 Å². The maximum absolute atomic E-state index is 13.2. The lowest BCUT2D eigenvalue weighted by molar-refractivity contribution is -0.141. The third-order valence-electron chi connectivity index (χ3n) is 3.92. The fourth-order valence-electron chi connectivity index (χ4n) is 2.54. The van der Waals surface area contributed by atoms with Gasteiger partial charge in [-0.25, -0.2) is 9.48 Å². The van der Waals surface area contributed by atoms with E-state index in [9.17, 15) is 18.0 Å². The monoisotopic (exact) mass is 375 g/mol. The number of benzene rings is 2. The number of esters is 1. The SMILES string of the molecule is COc1ccc(-c2cc(C(F)(F)F)nn2-c2ccc(C(=O)O[11CH3])cc2)cc1. The maximum atomic E-state index is 13.2. The molecule has 0 aliphatic heterocycles. The predicted octanol–water partition coefficient (Wildman–Crippen LogP) is 4.35.